The first kappa shape index (κ1) is 14.3. The molecular formula is C16H18N4O2. The smallest absolute Gasteiger partial charge is 0.130 e. The van der Waals surface area contributed by atoms with E-state index in [9.17, 15) is 0 Å². The van der Waals surface area contributed by atoms with Crippen LogP contribution in [-0.2, 0) is 12.0 Å². The molecule has 6 nitrogen and oxygen atoms in total. The largest absolute Gasteiger partial charge is 0.489 e. The van der Waals surface area contributed by atoms with Gasteiger partial charge in [-0.15, -0.1) is 10.2 Å². The zero-order valence-corrected chi connectivity index (χ0v) is 12.9. The summed E-state index contributed by atoms with van der Waals surface area (Å²) in [5.74, 6) is 0.771. The molecule has 0 aliphatic carbocycles. The summed E-state index contributed by atoms with van der Waals surface area (Å²) in [6.45, 7) is 6.71. The van der Waals surface area contributed by atoms with Gasteiger partial charge in [0.2, 0.25) is 0 Å². The van der Waals surface area contributed by atoms with Crippen LogP contribution in [0.25, 0.3) is 5.69 Å². The van der Waals surface area contributed by atoms with Gasteiger partial charge in [-0.05, 0) is 12.1 Å². The van der Waals surface area contributed by atoms with Crippen LogP contribution in [0.4, 0.5) is 0 Å². The summed E-state index contributed by atoms with van der Waals surface area (Å²) in [4.78, 5) is 0. The molecule has 114 valence electrons. The second kappa shape index (κ2) is 5.63. The first-order valence-electron chi connectivity index (χ1n) is 7.05. The molecular weight excluding hydrogens is 280 g/mol. The molecule has 1 aromatic carbocycles. The predicted molar refractivity (Wildman–Crippen MR) is 80.9 cm³/mol. The second-order valence-corrected chi connectivity index (χ2v) is 6.09. The van der Waals surface area contributed by atoms with Crippen molar-refractivity contribution >= 4 is 0 Å². The average molecular weight is 298 g/mol. The molecule has 0 aliphatic heterocycles. The van der Waals surface area contributed by atoms with Crippen molar-refractivity contribution in [2.24, 2.45) is 0 Å². The van der Waals surface area contributed by atoms with Gasteiger partial charge in [0.05, 0.1) is 16.9 Å². The second-order valence-electron chi connectivity index (χ2n) is 6.09. The summed E-state index contributed by atoms with van der Waals surface area (Å²) in [7, 11) is 0. The van der Waals surface area contributed by atoms with E-state index in [0.717, 1.165) is 22.7 Å². The Morgan fingerprint density at radius 2 is 1.95 bits per heavy atom. The maximum Gasteiger partial charge on any atom is 0.130 e. The Kier molecular flexibility index (Phi) is 3.66. The minimum Gasteiger partial charge on any atom is -0.489 e. The lowest BCUT2D eigenvalue weighted by Gasteiger charge is -2.16. The highest BCUT2D eigenvalue weighted by molar-refractivity contribution is 5.39. The summed E-state index contributed by atoms with van der Waals surface area (Å²) in [6.07, 6.45) is 4.94. The van der Waals surface area contributed by atoms with Crippen LogP contribution in [0.15, 0.2) is 47.7 Å². The lowest BCUT2D eigenvalue weighted by Crippen LogP contribution is -2.15. The minimum atomic E-state index is -0.0734. The number of hydrogen-bond donors (Lipinski definition) is 0. The van der Waals surface area contributed by atoms with Gasteiger partial charge in [0.15, 0.2) is 0 Å². The third-order valence-electron chi connectivity index (χ3n) is 3.28. The number of benzene rings is 1. The summed E-state index contributed by atoms with van der Waals surface area (Å²) in [5.41, 5.74) is 2.75. The van der Waals surface area contributed by atoms with E-state index in [0.29, 0.717) is 6.61 Å². The number of hydrogen-bond acceptors (Lipinski definition) is 5. The average Bonchev–Trinajstić information content (AvgIpc) is 3.16. The maximum absolute atomic E-state index is 5.87. The lowest BCUT2D eigenvalue weighted by atomic mass is 9.90. The summed E-state index contributed by atoms with van der Waals surface area (Å²) >= 11 is 0. The van der Waals surface area contributed by atoms with Crippen molar-refractivity contribution in [1.82, 2.24) is 19.9 Å². The van der Waals surface area contributed by atoms with Gasteiger partial charge in [0, 0.05) is 11.5 Å². The molecule has 2 aromatic heterocycles. The third-order valence-corrected chi connectivity index (χ3v) is 3.28. The fourth-order valence-electron chi connectivity index (χ4n) is 2.21. The molecule has 0 unspecified atom stereocenters. The first-order valence-corrected chi connectivity index (χ1v) is 7.05. The van der Waals surface area contributed by atoms with Gasteiger partial charge in [0.1, 0.15) is 31.3 Å². The quantitative estimate of drug-likeness (QED) is 0.740. The van der Waals surface area contributed by atoms with E-state index in [1.165, 1.54) is 0 Å². The Bertz CT molecular complexity index is 742. The number of aromatic nitrogens is 4. The van der Waals surface area contributed by atoms with Gasteiger partial charge in [-0.3, -0.25) is 4.57 Å². The fourth-order valence-corrected chi connectivity index (χ4v) is 2.21. The highest BCUT2D eigenvalue weighted by atomic mass is 16.5. The van der Waals surface area contributed by atoms with Gasteiger partial charge >= 0.3 is 0 Å². The summed E-state index contributed by atoms with van der Waals surface area (Å²) in [5, 5.41) is 11.7. The Hall–Kier alpha value is -2.63. The van der Waals surface area contributed by atoms with Crippen LogP contribution in [0.5, 0.6) is 5.75 Å². The molecule has 0 atom stereocenters. The van der Waals surface area contributed by atoms with Crippen molar-refractivity contribution in [3.8, 4) is 11.4 Å². The molecule has 0 fully saturated rings. The molecule has 0 radical (unpaired) electrons. The topological polar surface area (TPSA) is 66.0 Å². The normalized spacial score (nSPS) is 11.6. The summed E-state index contributed by atoms with van der Waals surface area (Å²) < 4.78 is 12.8. The van der Waals surface area contributed by atoms with Crippen molar-refractivity contribution < 1.29 is 9.26 Å². The molecule has 0 amide bonds. The molecule has 6 heteroatoms. The molecule has 2 heterocycles. The van der Waals surface area contributed by atoms with E-state index in [2.05, 4.69) is 36.1 Å². The summed E-state index contributed by atoms with van der Waals surface area (Å²) in [6, 6.07) is 7.75. The van der Waals surface area contributed by atoms with Gasteiger partial charge in [-0.2, -0.15) is 0 Å². The van der Waals surface area contributed by atoms with Crippen molar-refractivity contribution in [3.63, 3.8) is 0 Å². The van der Waals surface area contributed by atoms with Crippen molar-refractivity contribution in [2.75, 3.05) is 0 Å². The zero-order chi connectivity index (χ0) is 15.6. The SMILES string of the molecule is CC(C)(C)c1nocc1COc1cccc(-n2cnnc2)c1. The lowest BCUT2D eigenvalue weighted by molar-refractivity contribution is 0.302. The van der Waals surface area contributed by atoms with E-state index in [-0.39, 0.29) is 5.41 Å². The van der Waals surface area contributed by atoms with E-state index >= 15 is 0 Å². The molecule has 3 aromatic rings. The Morgan fingerprint density at radius 3 is 2.68 bits per heavy atom. The third kappa shape index (κ3) is 3.00. The van der Waals surface area contributed by atoms with Crippen LogP contribution < -0.4 is 4.74 Å². The van der Waals surface area contributed by atoms with E-state index < -0.39 is 0 Å². The molecule has 0 saturated heterocycles. The van der Waals surface area contributed by atoms with Crippen molar-refractivity contribution in [3.05, 3.63) is 54.4 Å². The molecule has 0 bridgehead atoms. The Morgan fingerprint density at radius 1 is 1.18 bits per heavy atom. The molecule has 0 spiro atoms. The fraction of sp³-hybridized carbons (Fsp3) is 0.312. The van der Waals surface area contributed by atoms with Crippen LogP contribution in [0.1, 0.15) is 32.0 Å². The Labute approximate surface area is 128 Å². The van der Waals surface area contributed by atoms with Crippen LogP contribution in [0.3, 0.4) is 0 Å². The standard InChI is InChI=1S/C16H18N4O2/c1-16(2,3)15-12(9-22-19-15)8-21-14-6-4-5-13(7-14)20-10-17-18-11-20/h4-7,9-11H,8H2,1-3H3. The van der Waals surface area contributed by atoms with E-state index in [4.69, 9.17) is 9.26 Å². The number of rotatable bonds is 4. The van der Waals surface area contributed by atoms with Crippen LogP contribution >= 0.6 is 0 Å². The molecule has 3 rings (SSSR count). The monoisotopic (exact) mass is 298 g/mol. The van der Waals surface area contributed by atoms with Gasteiger partial charge in [0.25, 0.3) is 0 Å². The highest BCUT2D eigenvalue weighted by Gasteiger charge is 2.22. The van der Waals surface area contributed by atoms with Crippen molar-refractivity contribution in [1.29, 1.82) is 0 Å². The molecule has 22 heavy (non-hydrogen) atoms. The Balaban J connectivity index is 1.75. The number of nitrogens with zero attached hydrogens (tertiary/aromatic N) is 4. The highest BCUT2D eigenvalue weighted by Crippen LogP contribution is 2.25. The molecule has 0 N–H and O–H groups in total. The molecule has 0 saturated carbocycles. The van der Waals surface area contributed by atoms with Crippen LogP contribution in [-0.4, -0.2) is 19.9 Å². The van der Waals surface area contributed by atoms with Crippen molar-refractivity contribution in [2.45, 2.75) is 32.8 Å². The van der Waals surface area contributed by atoms with Crippen LogP contribution in [0.2, 0.25) is 0 Å². The van der Waals surface area contributed by atoms with E-state index in [1.807, 2.05) is 28.8 Å². The minimum absolute atomic E-state index is 0.0734. The zero-order valence-electron chi connectivity index (χ0n) is 12.9. The van der Waals surface area contributed by atoms with Crippen LogP contribution in [0, 0.1) is 0 Å². The van der Waals surface area contributed by atoms with Gasteiger partial charge in [-0.1, -0.05) is 32.0 Å². The number of ether oxygens (including phenoxy) is 1. The van der Waals surface area contributed by atoms with Gasteiger partial charge in [-0.25, -0.2) is 0 Å². The maximum atomic E-state index is 5.87. The van der Waals surface area contributed by atoms with E-state index in [1.54, 1.807) is 18.9 Å². The van der Waals surface area contributed by atoms with Gasteiger partial charge < -0.3 is 9.26 Å². The predicted octanol–water partition coefficient (Wildman–Crippen LogP) is 3.13. The first-order chi connectivity index (χ1) is 10.5. The molecule has 0 aliphatic rings.